The van der Waals surface area contributed by atoms with E-state index in [1.807, 2.05) is 19.1 Å². The average Bonchev–Trinajstić information content (AvgIpc) is 2.63. The van der Waals surface area contributed by atoms with Crippen molar-refractivity contribution in [2.75, 3.05) is 20.2 Å². The molecule has 1 aliphatic rings. The first kappa shape index (κ1) is 14.2. The third-order valence-corrected chi connectivity index (χ3v) is 2.91. The summed E-state index contributed by atoms with van der Waals surface area (Å²) in [6.45, 7) is 4.89. The van der Waals surface area contributed by atoms with Crippen molar-refractivity contribution in [3.8, 4) is 5.75 Å². The van der Waals surface area contributed by atoms with Crippen molar-refractivity contribution in [3.63, 3.8) is 0 Å². The van der Waals surface area contributed by atoms with Gasteiger partial charge in [0.2, 0.25) is 0 Å². The molecule has 17 heavy (non-hydrogen) atoms. The van der Waals surface area contributed by atoms with Gasteiger partial charge in [-0.15, -0.1) is 12.4 Å². The summed E-state index contributed by atoms with van der Waals surface area (Å²) < 4.78 is 5.24. The van der Waals surface area contributed by atoms with Crippen LogP contribution in [0.15, 0.2) is 12.1 Å². The molecule has 1 aromatic rings. The summed E-state index contributed by atoms with van der Waals surface area (Å²) in [5.74, 6) is 0.881. The highest BCUT2D eigenvalue weighted by molar-refractivity contribution is 5.85. The Kier molecular flexibility index (Phi) is 5.18. The van der Waals surface area contributed by atoms with Crippen molar-refractivity contribution in [1.29, 1.82) is 0 Å². The van der Waals surface area contributed by atoms with Crippen LogP contribution in [0.5, 0.6) is 5.75 Å². The first-order valence-corrected chi connectivity index (χ1v) is 5.67. The minimum absolute atomic E-state index is 0. The standard InChI is InChI=1S/C12H19N3O.ClH/c1-9-5-12(16-2)6-11(14-9)8-15-4-3-10(13)7-15;/h5-6,10H,3-4,7-8,13H2,1-2H3;1H. The Balaban J connectivity index is 0.00000144. The Hall–Kier alpha value is -0.840. The van der Waals surface area contributed by atoms with Gasteiger partial charge in [0.15, 0.2) is 0 Å². The molecule has 1 atom stereocenters. The monoisotopic (exact) mass is 257 g/mol. The second kappa shape index (κ2) is 6.19. The highest BCUT2D eigenvalue weighted by atomic mass is 35.5. The molecule has 0 amide bonds. The molecule has 0 bridgehead atoms. The molecule has 1 saturated heterocycles. The molecule has 0 radical (unpaired) electrons. The van der Waals surface area contributed by atoms with Crippen LogP contribution in [0.1, 0.15) is 17.8 Å². The predicted octanol–water partition coefficient (Wildman–Crippen LogP) is 1.35. The molecule has 2 N–H and O–H groups in total. The minimum atomic E-state index is 0. The lowest BCUT2D eigenvalue weighted by atomic mass is 10.3. The summed E-state index contributed by atoms with van der Waals surface area (Å²) in [4.78, 5) is 6.85. The van der Waals surface area contributed by atoms with Gasteiger partial charge >= 0.3 is 0 Å². The van der Waals surface area contributed by atoms with Crippen LogP contribution in [-0.2, 0) is 6.54 Å². The summed E-state index contributed by atoms with van der Waals surface area (Å²) in [6.07, 6.45) is 1.09. The number of halogens is 1. The molecule has 1 aromatic heterocycles. The van der Waals surface area contributed by atoms with Crippen molar-refractivity contribution in [1.82, 2.24) is 9.88 Å². The number of nitrogens with zero attached hydrogens (tertiary/aromatic N) is 2. The van der Waals surface area contributed by atoms with E-state index >= 15 is 0 Å². The molecule has 0 aliphatic carbocycles. The van der Waals surface area contributed by atoms with Crippen molar-refractivity contribution in [2.45, 2.75) is 25.9 Å². The van der Waals surface area contributed by atoms with Crippen LogP contribution in [0.25, 0.3) is 0 Å². The van der Waals surface area contributed by atoms with Gasteiger partial charge in [-0.25, -0.2) is 0 Å². The quantitative estimate of drug-likeness (QED) is 0.888. The van der Waals surface area contributed by atoms with Gasteiger partial charge in [0.1, 0.15) is 5.75 Å². The largest absolute Gasteiger partial charge is 0.497 e. The van der Waals surface area contributed by atoms with E-state index < -0.39 is 0 Å². The molecule has 1 fully saturated rings. The van der Waals surface area contributed by atoms with Crippen LogP contribution in [0.4, 0.5) is 0 Å². The highest BCUT2D eigenvalue weighted by Crippen LogP contribution is 2.16. The fourth-order valence-electron chi connectivity index (χ4n) is 2.14. The zero-order valence-corrected chi connectivity index (χ0v) is 11.2. The summed E-state index contributed by atoms with van der Waals surface area (Å²) in [5.41, 5.74) is 7.94. The number of aryl methyl sites for hydroxylation is 1. The molecule has 0 spiro atoms. The fraction of sp³-hybridized carbons (Fsp3) is 0.583. The normalized spacial score (nSPS) is 20.1. The van der Waals surface area contributed by atoms with E-state index in [0.717, 1.165) is 43.2 Å². The topological polar surface area (TPSA) is 51.4 Å². The van der Waals surface area contributed by atoms with Gasteiger partial charge in [-0.3, -0.25) is 9.88 Å². The fourth-order valence-corrected chi connectivity index (χ4v) is 2.14. The van der Waals surface area contributed by atoms with Crippen LogP contribution in [0, 0.1) is 6.92 Å². The Morgan fingerprint density at radius 2 is 2.29 bits per heavy atom. The zero-order chi connectivity index (χ0) is 11.5. The summed E-state index contributed by atoms with van der Waals surface area (Å²) in [5, 5.41) is 0. The number of likely N-dealkylation sites (tertiary alicyclic amines) is 1. The van der Waals surface area contributed by atoms with E-state index in [1.165, 1.54) is 0 Å². The van der Waals surface area contributed by atoms with Crippen LogP contribution < -0.4 is 10.5 Å². The SMILES string of the molecule is COc1cc(C)nc(CN2CCC(N)C2)c1.Cl. The maximum atomic E-state index is 5.88. The Labute approximate surface area is 109 Å². The van der Waals surface area contributed by atoms with Crippen molar-refractivity contribution in [3.05, 3.63) is 23.5 Å². The third-order valence-electron chi connectivity index (χ3n) is 2.91. The molecule has 2 heterocycles. The average molecular weight is 258 g/mol. The van der Waals surface area contributed by atoms with E-state index in [4.69, 9.17) is 10.5 Å². The third kappa shape index (κ3) is 3.84. The molecule has 1 aliphatic heterocycles. The summed E-state index contributed by atoms with van der Waals surface area (Å²) in [7, 11) is 1.68. The maximum Gasteiger partial charge on any atom is 0.122 e. The summed E-state index contributed by atoms with van der Waals surface area (Å²) in [6, 6.07) is 4.27. The maximum absolute atomic E-state index is 5.88. The number of hydrogen-bond acceptors (Lipinski definition) is 4. The molecule has 96 valence electrons. The van der Waals surface area contributed by atoms with Crippen LogP contribution >= 0.6 is 12.4 Å². The molecule has 5 heteroatoms. The van der Waals surface area contributed by atoms with E-state index in [1.54, 1.807) is 7.11 Å². The van der Waals surface area contributed by atoms with Crippen LogP contribution in [-0.4, -0.2) is 36.1 Å². The number of methoxy groups -OCH3 is 1. The van der Waals surface area contributed by atoms with Crippen molar-refractivity contribution < 1.29 is 4.74 Å². The van der Waals surface area contributed by atoms with Gasteiger partial charge < -0.3 is 10.5 Å². The molecule has 4 nitrogen and oxygen atoms in total. The molecule has 1 unspecified atom stereocenters. The number of ether oxygens (including phenoxy) is 1. The number of pyridine rings is 1. The Morgan fingerprint density at radius 1 is 1.53 bits per heavy atom. The molecule has 0 saturated carbocycles. The predicted molar refractivity (Wildman–Crippen MR) is 70.6 cm³/mol. The minimum Gasteiger partial charge on any atom is -0.497 e. The molecular formula is C12H20ClN3O. The highest BCUT2D eigenvalue weighted by Gasteiger charge is 2.19. The molecular weight excluding hydrogens is 238 g/mol. The van der Waals surface area contributed by atoms with Gasteiger partial charge in [-0.05, 0) is 13.3 Å². The second-order valence-electron chi connectivity index (χ2n) is 4.42. The van der Waals surface area contributed by atoms with Gasteiger partial charge in [-0.2, -0.15) is 0 Å². The number of aromatic nitrogens is 1. The van der Waals surface area contributed by atoms with E-state index in [9.17, 15) is 0 Å². The first-order valence-electron chi connectivity index (χ1n) is 5.67. The smallest absolute Gasteiger partial charge is 0.122 e. The number of nitrogens with two attached hydrogens (primary N) is 1. The van der Waals surface area contributed by atoms with E-state index in [0.29, 0.717) is 6.04 Å². The van der Waals surface area contributed by atoms with Crippen molar-refractivity contribution >= 4 is 12.4 Å². The number of hydrogen-bond donors (Lipinski definition) is 1. The lowest BCUT2D eigenvalue weighted by Gasteiger charge is -2.15. The Morgan fingerprint density at radius 3 is 2.88 bits per heavy atom. The molecule has 2 rings (SSSR count). The van der Waals surface area contributed by atoms with Gasteiger partial charge in [0, 0.05) is 43.5 Å². The number of rotatable bonds is 3. The zero-order valence-electron chi connectivity index (χ0n) is 10.3. The van der Waals surface area contributed by atoms with E-state index in [-0.39, 0.29) is 12.4 Å². The Bertz CT molecular complexity index is 373. The van der Waals surface area contributed by atoms with Crippen LogP contribution in [0.3, 0.4) is 0 Å². The molecule has 0 aromatic carbocycles. The van der Waals surface area contributed by atoms with E-state index in [2.05, 4.69) is 9.88 Å². The second-order valence-corrected chi connectivity index (χ2v) is 4.42. The lowest BCUT2D eigenvalue weighted by Crippen LogP contribution is -2.26. The van der Waals surface area contributed by atoms with Gasteiger partial charge in [0.05, 0.1) is 12.8 Å². The van der Waals surface area contributed by atoms with Gasteiger partial charge in [-0.1, -0.05) is 0 Å². The van der Waals surface area contributed by atoms with Crippen LogP contribution in [0.2, 0.25) is 0 Å². The van der Waals surface area contributed by atoms with Crippen molar-refractivity contribution in [2.24, 2.45) is 5.73 Å². The van der Waals surface area contributed by atoms with Gasteiger partial charge in [0.25, 0.3) is 0 Å². The lowest BCUT2D eigenvalue weighted by molar-refractivity contribution is 0.321. The first-order chi connectivity index (χ1) is 7.67. The summed E-state index contributed by atoms with van der Waals surface area (Å²) >= 11 is 0.